The predicted octanol–water partition coefficient (Wildman–Crippen LogP) is 3.56. The summed E-state index contributed by atoms with van der Waals surface area (Å²) in [4.78, 5) is 13.8. The van der Waals surface area contributed by atoms with Crippen molar-refractivity contribution >= 4 is 11.6 Å². The van der Waals surface area contributed by atoms with E-state index in [0.717, 1.165) is 5.69 Å². The molecule has 1 aromatic rings. The summed E-state index contributed by atoms with van der Waals surface area (Å²) >= 11 is 0. The van der Waals surface area contributed by atoms with Crippen LogP contribution in [0.4, 0.5) is 5.69 Å². The molecule has 0 bridgehead atoms. The van der Waals surface area contributed by atoms with E-state index in [9.17, 15) is 4.79 Å². The fraction of sp³-hybridized carbons (Fsp3) is 0.632. The molecule has 2 N–H and O–H groups in total. The lowest BCUT2D eigenvalue weighted by Crippen LogP contribution is -2.43. The Balaban J connectivity index is 1.83. The van der Waals surface area contributed by atoms with Crippen molar-refractivity contribution < 1.29 is 4.79 Å². The highest BCUT2D eigenvalue weighted by molar-refractivity contribution is 5.88. The molecule has 0 aliphatic carbocycles. The third-order valence-electron chi connectivity index (χ3n) is 4.61. The highest BCUT2D eigenvalue weighted by Crippen LogP contribution is 2.20. The van der Waals surface area contributed by atoms with Crippen molar-refractivity contribution in [1.82, 2.24) is 10.2 Å². The van der Waals surface area contributed by atoms with Gasteiger partial charge >= 0.3 is 0 Å². The number of likely N-dealkylation sites (tertiary alicyclic amines) is 1. The van der Waals surface area contributed by atoms with E-state index in [-0.39, 0.29) is 5.91 Å². The van der Waals surface area contributed by atoms with Gasteiger partial charge in [0.25, 0.3) is 0 Å². The number of anilines is 1. The number of hydrogen-bond acceptors (Lipinski definition) is 3. The Bertz CT molecular complexity index is 495. The van der Waals surface area contributed by atoms with E-state index in [1.165, 1.54) is 50.9 Å². The van der Waals surface area contributed by atoms with Crippen LogP contribution in [-0.4, -0.2) is 36.5 Å². The molecule has 1 heterocycles. The molecule has 23 heavy (non-hydrogen) atoms. The second-order valence-electron chi connectivity index (χ2n) is 6.66. The molecule has 0 spiro atoms. The molecule has 1 amide bonds. The van der Waals surface area contributed by atoms with E-state index in [1.807, 2.05) is 12.1 Å². The number of carbonyl (C=O) groups excluding carboxylic acids is 1. The zero-order valence-corrected chi connectivity index (χ0v) is 14.8. The van der Waals surface area contributed by atoms with Crippen LogP contribution in [0.5, 0.6) is 0 Å². The maximum Gasteiger partial charge on any atom is 0.221 e. The Labute approximate surface area is 140 Å². The highest BCUT2D eigenvalue weighted by Gasteiger charge is 2.20. The van der Waals surface area contributed by atoms with Crippen LogP contribution in [0.1, 0.15) is 58.1 Å². The van der Waals surface area contributed by atoms with Crippen LogP contribution in [0.2, 0.25) is 0 Å². The number of amides is 1. The molecule has 128 valence electrons. The number of benzene rings is 1. The number of unbranched alkanes of at least 4 members (excludes halogenated alkanes) is 1. The summed E-state index contributed by atoms with van der Waals surface area (Å²) in [5.41, 5.74) is 2.10. The second-order valence-corrected chi connectivity index (χ2v) is 6.66. The van der Waals surface area contributed by atoms with Crippen LogP contribution < -0.4 is 10.6 Å². The van der Waals surface area contributed by atoms with Crippen LogP contribution in [0.25, 0.3) is 0 Å². The lowest BCUT2D eigenvalue weighted by Gasteiger charge is -2.34. The van der Waals surface area contributed by atoms with Gasteiger partial charge in [-0.15, -0.1) is 0 Å². The Hall–Kier alpha value is -1.39. The first-order valence-electron chi connectivity index (χ1n) is 8.94. The Morgan fingerprint density at radius 2 is 2.09 bits per heavy atom. The normalized spacial score (nSPS) is 17.9. The van der Waals surface area contributed by atoms with Crippen LogP contribution in [0.3, 0.4) is 0 Å². The van der Waals surface area contributed by atoms with Crippen LogP contribution in [0, 0.1) is 0 Å². The summed E-state index contributed by atoms with van der Waals surface area (Å²) < 4.78 is 0. The molecule has 1 aromatic carbocycles. The summed E-state index contributed by atoms with van der Waals surface area (Å²) in [6.07, 6.45) is 5.03. The number of nitrogens with zero attached hydrogens (tertiary/aromatic N) is 1. The molecule has 0 saturated carbocycles. The molecule has 4 nitrogen and oxygen atoms in total. The quantitative estimate of drug-likeness (QED) is 0.808. The Kier molecular flexibility index (Phi) is 7.06. The van der Waals surface area contributed by atoms with Crippen molar-refractivity contribution in [3.63, 3.8) is 0 Å². The first-order valence-corrected chi connectivity index (χ1v) is 8.94. The zero-order valence-electron chi connectivity index (χ0n) is 14.8. The Morgan fingerprint density at radius 1 is 1.35 bits per heavy atom. The number of nitrogens with one attached hydrogen (secondary N) is 2. The molecule has 1 aliphatic rings. The van der Waals surface area contributed by atoms with E-state index < -0.39 is 0 Å². The molecule has 1 saturated heterocycles. The summed E-state index contributed by atoms with van der Waals surface area (Å²) in [6.45, 7) is 9.66. The van der Waals surface area contributed by atoms with E-state index >= 15 is 0 Å². The molecule has 1 atom stereocenters. The predicted molar refractivity (Wildman–Crippen MR) is 96.7 cm³/mol. The largest absolute Gasteiger partial charge is 0.326 e. The van der Waals surface area contributed by atoms with Gasteiger partial charge in [0.2, 0.25) is 5.91 Å². The van der Waals surface area contributed by atoms with Gasteiger partial charge in [0, 0.05) is 24.7 Å². The van der Waals surface area contributed by atoms with Gasteiger partial charge in [-0.25, -0.2) is 0 Å². The zero-order chi connectivity index (χ0) is 16.7. The average Bonchev–Trinajstić information content (AvgIpc) is 2.54. The molecular weight excluding hydrogens is 286 g/mol. The van der Waals surface area contributed by atoms with Gasteiger partial charge in [-0.1, -0.05) is 25.5 Å². The minimum atomic E-state index is -0.0257. The third kappa shape index (κ3) is 5.96. The summed E-state index contributed by atoms with van der Waals surface area (Å²) in [7, 11) is 0. The van der Waals surface area contributed by atoms with Gasteiger partial charge in [0.15, 0.2) is 0 Å². The monoisotopic (exact) mass is 317 g/mol. The number of piperidine rings is 1. The molecular formula is C19H31N3O. The van der Waals surface area contributed by atoms with Crippen molar-refractivity contribution in [3.05, 3.63) is 29.8 Å². The maximum absolute atomic E-state index is 11.2. The van der Waals surface area contributed by atoms with Gasteiger partial charge in [0.1, 0.15) is 0 Å². The lowest BCUT2D eigenvalue weighted by molar-refractivity contribution is -0.114. The first-order chi connectivity index (χ1) is 11.1. The smallest absolute Gasteiger partial charge is 0.221 e. The summed E-state index contributed by atoms with van der Waals surface area (Å²) in [5.74, 6) is -0.0257. The highest BCUT2D eigenvalue weighted by atomic mass is 16.1. The van der Waals surface area contributed by atoms with Crippen molar-refractivity contribution in [2.45, 2.75) is 58.5 Å². The SMILES string of the molecule is CCCCN1CCC(NC(C)c2cccc(NC(C)=O)c2)CC1. The van der Waals surface area contributed by atoms with Crippen molar-refractivity contribution in [2.75, 3.05) is 25.0 Å². The summed E-state index contributed by atoms with van der Waals surface area (Å²) in [6, 6.07) is 9.02. The molecule has 0 radical (unpaired) electrons. The average molecular weight is 317 g/mol. The second kappa shape index (κ2) is 9.04. The topological polar surface area (TPSA) is 44.4 Å². The third-order valence-corrected chi connectivity index (χ3v) is 4.61. The number of hydrogen-bond donors (Lipinski definition) is 2. The fourth-order valence-electron chi connectivity index (χ4n) is 3.24. The number of carbonyl (C=O) groups is 1. The fourth-order valence-corrected chi connectivity index (χ4v) is 3.24. The van der Waals surface area contributed by atoms with Gasteiger partial charge in [0.05, 0.1) is 0 Å². The van der Waals surface area contributed by atoms with Crippen molar-refractivity contribution in [1.29, 1.82) is 0 Å². The molecule has 2 rings (SSSR count). The van der Waals surface area contributed by atoms with Crippen molar-refractivity contribution in [3.8, 4) is 0 Å². The van der Waals surface area contributed by atoms with E-state index in [0.29, 0.717) is 12.1 Å². The summed E-state index contributed by atoms with van der Waals surface area (Å²) in [5, 5.41) is 6.61. The molecule has 1 fully saturated rings. The van der Waals surface area contributed by atoms with Gasteiger partial charge < -0.3 is 15.5 Å². The van der Waals surface area contributed by atoms with E-state index in [1.54, 1.807) is 6.92 Å². The standard InChI is InChI=1S/C19H31N3O/c1-4-5-11-22-12-9-18(10-13-22)20-15(2)17-7-6-8-19(14-17)21-16(3)23/h6-8,14-15,18,20H,4-5,9-13H2,1-3H3,(H,21,23). The van der Waals surface area contributed by atoms with Crippen molar-refractivity contribution in [2.24, 2.45) is 0 Å². The molecule has 4 heteroatoms. The van der Waals surface area contributed by atoms with E-state index in [4.69, 9.17) is 0 Å². The minimum absolute atomic E-state index is 0.0257. The number of rotatable bonds is 7. The van der Waals surface area contributed by atoms with Gasteiger partial charge in [-0.3, -0.25) is 4.79 Å². The Morgan fingerprint density at radius 3 is 2.74 bits per heavy atom. The molecule has 1 aliphatic heterocycles. The maximum atomic E-state index is 11.2. The molecule has 1 unspecified atom stereocenters. The van der Waals surface area contributed by atoms with Crippen LogP contribution in [0.15, 0.2) is 24.3 Å². The van der Waals surface area contributed by atoms with Crippen LogP contribution >= 0.6 is 0 Å². The van der Waals surface area contributed by atoms with Gasteiger partial charge in [-0.2, -0.15) is 0 Å². The first kappa shape index (κ1) is 18.0. The minimum Gasteiger partial charge on any atom is -0.326 e. The lowest BCUT2D eigenvalue weighted by atomic mass is 10.0. The van der Waals surface area contributed by atoms with E-state index in [2.05, 4.69) is 41.5 Å². The molecule has 0 aromatic heterocycles. The van der Waals surface area contributed by atoms with Gasteiger partial charge in [-0.05, 0) is 63.5 Å². The van der Waals surface area contributed by atoms with Crippen LogP contribution in [-0.2, 0) is 4.79 Å².